The van der Waals surface area contributed by atoms with Gasteiger partial charge in [-0.25, -0.2) is 14.5 Å². The maximum Gasteiger partial charge on any atom is 0.417 e. The molecule has 0 aliphatic carbocycles. The van der Waals surface area contributed by atoms with Crippen LogP contribution in [-0.4, -0.2) is 94.6 Å². The quantitative estimate of drug-likeness (QED) is 0.316. The van der Waals surface area contributed by atoms with Gasteiger partial charge in [-0.3, -0.25) is 19.2 Å². The summed E-state index contributed by atoms with van der Waals surface area (Å²) >= 11 is 1.08. The molecule has 0 aromatic rings. The number of amides is 2. The Hall–Kier alpha value is -2.87. The summed E-state index contributed by atoms with van der Waals surface area (Å²) in [5, 5.41) is 0. The molecule has 2 aliphatic rings. The number of imide groups is 1. The number of nitrogens with zero attached hydrogens (tertiary/aromatic N) is 1. The van der Waals surface area contributed by atoms with E-state index in [4.69, 9.17) is 28.4 Å². The lowest BCUT2D eigenvalue weighted by atomic mass is 9.89. The Kier molecular flexibility index (Phi) is 9.58. The van der Waals surface area contributed by atoms with Crippen LogP contribution in [0.4, 0.5) is 4.79 Å². The molecular weight excluding hydrogens is 514 g/mol. The first-order valence-corrected chi connectivity index (χ1v) is 12.3. The van der Waals surface area contributed by atoms with E-state index in [0.717, 1.165) is 51.5 Å². The van der Waals surface area contributed by atoms with Gasteiger partial charge in [0, 0.05) is 38.9 Å². The highest BCUT2D eigenvalue weighted by molar-refractivity contribution is 8.02. The number of hydrogen-bond acceptors (Lipinski definition) is 13. The molecule has 0 saturated carbocycles. The van der Waals surface area contributed by atoms with E-state index in [1.54, 1.807) is 0 Å². The molecule has 2 saturated heterocycles. The highest BCUT2D eigenvalue weighted by Crippen LogP contribution is 2.49. The lowest BCUT2D eigenvalue weighted by Crippen LogP contribution is -2.66. The number of carbonyl (C=O) groups excluding carboxylic acids is 6. The molecule has 2 fully saturated rings. The zero-order valence-electron chi connectivity index (χ0n) is 22.1. The molecule has 0 bridgehead atoms. The average Bonchev–Trinajstić information content (AvgIpc) is 3.07. The fourth-order valence-corrected chi connectivity index (χ4v) is 5.87. The van der Waals surface area contributed by atoms with E-state index in [-0.39, 0.29) is 6.42 Å². The van der Waals surface area contributed by atoms with Gasteiger partial charge in [-0.15, -0.1) is 11.8 Å². The third kappa shape index (κ3) is 7.34. The van der Waals surface area contributed by atoms with Gasteiger partial charge in [0.25, 0.3) is 0 Å². The predicted octanol–water partition coefficient (Wildman–Crippen LogP) is 1.34. The second kappa shape index (κ2) is 11.7. The number of carbonyl (C=O) groups is 6. The van der Waals surface area contributed by atoms with Crippen molar-refractivity contribution in [1.29, 1.82) is 0 Å². The Balaban J connectivity index is 2.73. The van der Waals surface area contributed by atoms with E-state index in [1.165, 1.54) is 0 Å². The molecular formula is C23H33NO12S. The number of ether oxygens (including phenoxy) is 6. The summed E-state index contributed by atoms with van der Waals surface area (Å²) in [6, 6.07) is -1.18. The fraction of sp³-hybridized carbons (Fsp3) is 0.739. The summed E-state index contributed by atoms with van der Waals surface area (Å²) in [6.07, 6.45) is -6.65. The Labute approximate surface area is 218 Å². The van der Waals surface area contributed by atoms with Crippen LogP contribution in [0.15, 0.2) is 0 Å². The van der Waals surface area contributed by atoms with Gasteiger partial charge >= 0.3 is 30.0 Å². The van der Waals surface area contributed by atoms with Crippen molar-refractivity contribution in [1.82, 2.24) is 4.90 Å². The SMILES string of the molecule is COC(=O)[C@@]1(SC(C)(C)C)C[C@@H]2OC(=O)N(C(C)=O)[C@H]2[C@H]([C@H](OC(C)=O)[C@@H](COC(C)=O)OC(C)=O)O1. The summed E-state index contributed by atoms with van der Waals surface area (Å²) < 4.78 is 32.1. The van der Waals surface area contributed by atoms with Crippen molar-refractivity contribution >= 4 is 47.6 Å². The van der Waals surface area contributed by atoms with Crippen LogP contribution in [0, 0.1) is 0 Å². The molecule has 37 heavy (non-hydrogen) atoms. The van der Waals surface area contributed by atoms with E-state index in [1.807, 2.05) is 20.8 Å². The molecule has 13 nitrogen and oxygen atoms in total. The van der Waals surface area contributed by atoms with Crippen molar-refractivity contribution in [3.05, 3.63) is 0 Å². The molecule has 2 amide bonds. The molecule has 0 radical (unpaired) electrons. The molecule has 2 rings (SSSR count). The van der Waals surface area contributed by atoms with Crippen LogP contribution in [0.2, 0.25) is 0 Å². The van der Waals surface area contributed by atoms with E-state index in [9.17, 15) is 28.8 Å². The average molecular weight is 548 g/mol. The minimum atomic E-state index is -1.77. The van der Waals surface area contributed by atoms with Gasteiger partial charge in [0.2, 0.25) is 10.8 Å². The first-order chi connectivity index (χ1) is 17.0. The number of esters is 4. The second-order valence-corrected chi connectivity index (χ2v) is 11.7. The van der Waals surface area contributed by atoms with Crippen LogP contribution in [0.1, 0.15) is 54.9 Å². The van der Waals surface area contributed by atoms with E-state index in [0.29, 0.717) is 0 Å². The topological polar surface area (TPSA) is 161 Å². The standard InChI is InChI=1S/C23H33NO12S/c1-11(25)24-17-15(35-21(24)30)9-23(20(29)31-8,37-22(5,6)7)36-19(17)18(34-14(4)28)16(33-13(3)27)10-32-12(2)26/h15-19H,9-10H2,1-8H3/t15-,16+,17+,18+,19+,23-/m0/s1. The first kappa shape index (κ1) is 30.4. The van der Waals surface area contributed by atoms with Gasteiger partial charge in [-0.2, -0.15) is 0 Å². The Morgan fingerprint density at radius 1 is 1.05 bits per heavy atom. The zero-order valence-corrected chi connectivity index (χ0v) is 22.9. The molecule has 0 spiro atoms. The second-order valence-electron chi connectivity index (χ2n) is 9.57. The van der Waals surface area contributed by atoms with Crippen LogP contribution in [0.25, 0.3) is 0 Å². The third-order valence-electron chi connectivity index (χ3n) is 5.33. The first-order valence-electron chi connectivity index (χ1n) is 11.5. The van der Waals surface area contributed by atoms with Crippen LogP contribution < -0.4 is 0 Å². The molecule has 0 unspecified atom stereocenters. The molecule has 14 heteroatoms. The highest BCUT2D eigenvalue weighted by atomic mass is 32.2. The van der Waals surface area contributed by atoms with E-state index in [2.05, 4.69) is 0 Å². The van der Waals surface area contributed by atoms with Crippen molar-refractivity contribution in [2.45, 2.75) is 95.0 Å². The molecule has 2 heterocycles. The minimum Gasteiger partial charge on any atom is -0.466 e. The molecule has 0 aromatic carbocycles. The van der Waals surface area contributed by atoms with Crippen LogP contribution in [0.5, 0.6) is 0 Å². The Bertz CT molecular complexity index is 947. The number of rotatable bonds is 8. The van der Waals surface area contributed by atoms with Crippen molar-refractivity contribution in [2.24, 2.45) is 0 Å². The number of thioether (sulfide) groups is 1. The third-order valence-corrected chi connectivity index (χ3v) is 6.70. The molecule has 208 valence electrons. The van der Waals surface area contributed by atoms with Gasteiger partial charge in [0.05, 0.1) is 7.11 Å². The Morgan fingerprint density at radius 3 is 2.11 bits per heavy atom. The molecule has 0 N–H and O–H groups in total. The van der Waals surface area contributed by atoms with Gasteiger partial charge in [-0.1, -0.05) is 20.8 Å². The molecule has 2 aliphatic heterocycles. The monoisotopic (exact) mass is 547 g/mol. The largest absolute Gasteiger partial charge is 0.466 e. The van der Waals surface area contributed by atoms with Crippen molar-refractivity contribution < 1.29 is 57.2 Å². The van der Waals surface area contributed by atoms with Gasteiger partial charge in [0.15, 0.2) is 12.2 Å². The van der Waals surface area contributed by atoms with Crippen molar-refractivity contribution in [2.75, 3.05) is 13.7 Å². The van der Waals surface area contributed by atoms with E-state index < -0.39 is 82.6 Å². The normalized spacial score (nSPS) is 26.8. The minimum absolute atomic E-state index is 0.187. The van der Waals surface area contributed by atoms with Crippen molar-refractivity contribution in [3.8, 4) is 0 Å². The maximum absolute atomic E-state index is 13.2. The number of methoxy groups -OCH3 is 1. The summed E-state index contributed by atoms with van der Waals surface area (Å²) in [5.41, 5.74) is 0. The van der Waals surface area contributed by atoms with Crippen LogP contribution >= 0.6 is 11.8 Å². The van der Waals surface area contributed by atoms with Gasteiger partial charge < -0.3 is 28.4 Å². The zero-order chi connectivity index (χ0) is 28.3. The Morgan fingerprint density at radius 2 is 1.65 bits per heavy atom. The lowest BCUT2D eigenvalue weighted by molar-refractivity contribution is -0.219. The lowest BCUT2D eigenvalue weighted by Gasteiger charge is -2.48. The van der Waals surface area contributed by atoms with Crippen LogP contribution in [-0.2, 0) is 52.4 Å². The fourth-order valence-electron chi connectivity index (χ4n) is 4.31. The number of hydrogen-bond donors (Lipinski definition) is 0. The van der Waals surface area contributed by atoms with Gasteiger partial charge in [0.1, 0.15) is 24.9 Å². The summed E-state index contributed by atoms with van der Waals surface area (Å²) in [7, 11) is 1.16. The number of fused-ring (bicyclic) bond motifs is 1. The van der Waals surface area contributed by atoms with Crippen LogP contribution in [0.3, 0.4) is 0 Å². The molecule has 6 atom stereocenters. The summed E-state index contributed by atoms with van der Waals surface area (Å²) in [4.78, 5) is 73.0. The predicted molar refractivity (Wildman–Crippen MR) is 126 cm³/mol. The van der Waals surface area contributed by atoms with Crippen molar-refractivity contribution in [3.63, 3.8) is 0 Å². The van der Waals surface area contributed by atoms with E-state index >= 15 is 0 Å². The summed E-state index contributed by atoms with van der Waals surface area (Å²) in [6.45, 7) is 9.35. The van der Waals surface area contributed by atoms with Gasteiger partial charge in [-0.05, 0) is 0 Å². The highest BCUT2D eigenvalue weighted by Gasteiger charge is 2.64. The summed E-state index contributed by atoms with van der Waals surface area (Å²) in [5.74, 6) is -3.84. The maximum atomic E-state index is 13.2. The smallest absolute Gasteiger partial charge is 0.417 e. The molecule has 0 aromatic heterocycles.